The first-order chi connectivity index (χ1) is 8.05. The van der Waals surface area contributed by atoms with E-state index in [4.69, 9.17) is 0 Å². The van der Waals surface area contributed by atoms with E-state index in [9.17, 15) is 13.2 Å². The molecule has 3 heterocycles. The van der Waals surface area contributed by atoms with Crippen LogP contribution in [-0.4, -0.2) is 34.0 Å². The van der Waals surface area contributed by atoms with Gasteiger partial charge in [0.05, 0.1) is 0 Å². The Morgan fingerprint density at radius 1 is 1.29 bits per heavy atom. The zero-order chi connectivity index (χ0) is 12.1. The predicted molar refractivity (Wildman–Crippen MR) is 53.6 cm³/mol. The molecule has 0 aliphatic carbocycles. The van der Waals surface area contributed by atoms with Crippen LogP contribution in [0.5, 0.6) is 0 Å². The molecule has 2 aliphatic heterocycles. The lowest BCUT2D eigenvalue weighted by molar-refractivity contribution is -0.187. The third-order valence-electron chi connectivity index (χ3n) is 3.74. The van der Waals surface area contributed by atoms with Crippen LogP contribution in [0, 0.1) is 0 Å². The van der Waals surface area contributed by atoms with Crippen molar-refractivity contribution in [1.29, 1.82) is 0 Å². The maximum absolute atomic E-state index is 13.3. The lowest BCUT2D eigenvalue weighted by atomic mass is 9.85. The van der Waals surface area contributed by atoms with Crippen LogP contribution in [0.2, 0.25) is 0 Å². The minimum absolute atomic E-state index is 0.0502. The maximum atomic E-state index is 13.3. The summed E-state index contributed by atoms with van der Waals surface area (Å²) in [5, 5.41) is 10.5. The van der Waals surface area contributed by atoms with Gasteiger partial charge < -0.3 is 9.88 Å². The fourth-order valence-corrected chi connectivity index (χ4v) is 2.76. The molecule has 4 nitrogen and oxygen atoms in total. The molecule has 1 unspecified atom stereocenters. The number of halogens is 3. The Morgan fingerprint density at radius 3 is 2.76 bits per heavy atom. The summed E-state index contributed by atoms with van der Waals surface area (Å²) in [5.41, 5.74) is -1.84. The van der Waals surface area contributed by atoms with Crippen LogP contribution in [-0.2, 0) is 18.4 Å². The SMILES string of the molecule is FC(F)(F)C1(c2nnc3n2CCC3)CCNC1. The van der Waals surface area contributed by atoms with Gasteiger partial charge >= 0.3 is 6.18 Å². The molecule has 7 heteroatoms. The van der Waals surface area contributed by atoms with E-state index in [0.29, 0.717) is 18.9 Å². The van der Waals surface area contributed by atoms with Gasteiger partial charge in [0.15, 0.2) is 0 Å². The molecule has 1 aromatic rings. The van der Waals surface area contributed by atoms with E-state index in [-0.39, 0.29) is 18.8 Å². The minimum Gasteiger partial charge on any atom is -0.315 e. The van der Waals surface area contributed by atoms with Gasteiger partial charge in [-0.25, -0.2) is 0 Å². The van der Waals surface area contributed by atoms with Crippen molar-refractivity contribution in [1.82, 2.24) is 20.1 Å². The molecule has 94 valence electrons. The molecular formula is C10H13F3N4. The molecule has 1 fully saturated rings. The number of nitrogens with one attached hydrogen (secondary N) is 1. The van der Waals surface area contributed by atoms with Gasteiger partial charge in [0.2, 0.25) is 0 Å². The molecule has 1 aromatic heterocycles. The molecule has 0 aromatic carbocycles. The van der Waals surface area contributed by atoms with E-state index >= 15 is 0 Å². The summed E-state index contributed by atoms with van der Waals surface area (Å²) in [7, 11) is 0. The van der Waals surface area contributed by atoms with E-state index in [1.165, 1.54) is 0 Å². The smallest absolute Gasteiger partial charge is 0.315 e. The average Bonchev–Trinajstić information content (AvgIpc) is 2.91. The van der Waals surface area contributed by atoms with Gasteiger partial charge in [-0.2, -0.15) is 13.2 Å². The van der Waals surface area contributed by atoms with Gasteiger partial charge in [-0.05, 0) is 19.4 Å². The zero-order valence-corrected chi connectivity index (χ0v) is 9.22. The number of rotatable bonds is 1. The van der Waals surface area contributed by atoms with Crippen molar-refractivity contribution in [3.63, 3.8) is 0 Å². The Balaban J connectivity index is 2.10. The molecule has 3 rings (SSSR count). The number of fused-ring (bicyclic) bond motifs is 1. The fourth-order valence-electron chi connectivity index (χ4n) is 2.76. The molecule has 0 spiro atoms. The molecule has 2 aliphatic rings. The fraction of sp³-hybridized carbons (Fsp3) is 0.800. The molecule has 0 radical (unpaired) electrons. The first-order valence-corrected chi connectivity index (χ1v) is 5.75. The molecule has 0 bridgehead atoms. The third kappa shape index (κ3) is 1.41. The number of hydrogen-bond acceptors (Lipinski definition) is 3. The first-order valence-electron chi connectivity index (χ1n) is 5.75. The number of aromatic nitrogens is 3. The Bertz CT molecular complexity index is 431. The number of nitrogens with zero attached hydrogens (tertiary/aromatic N) is 3. The summed E-state index contributed by atoms with van der Waals surface area (Å²) < 4.78 is 41.6. The zero-order valence-electron chi connectivity index (χ0n) is 9.22. The Morgan fingerprint density at radius 2 is 2.12 bits per heavy atom. The Kier molecular flexibility index (Phi) is 2.23. The van der Waals surface area contributed by atoms with Crippen molar-refractivity contribution in [2.75, 3.05) is 13.1 Å². The summed E-state index contributed by atoms with van der Waals surface area (Å²) in [6, 6.07) is 0. The molecule has 1 saturated heterocycles. The van der Waals surface area contributed by atoms with E-state index in [1.54, 1.807) is 4.57 Å². The van der Waals surface area contributed by atoms with Crippen molar-refractivity contribution < 1.29 is 13.2 Å². The van der Waals surface area contributed by atoms with Crippen molar-refractivity contribution in [2.45, 2.75) is 37.4 Å². The summed E-state index contributed by atoms with van der Waals surface area (Å²) >= 11 is 0. The highest BCUT2D eigenvalue weighted by Crippen LogP contribution is 2.45. The van der Waals surface area contributed by atoms with Crippen LogP contribution in [0.1, 0.15) is 24.5 Å². The third-order valence-corrected chi connectivity index (χ3v) is 3.74. The minimum atomic E-state index is -4.27. The summed E-state index contributed by atoms with van der Waals surface area (Å²) in [4.78, 5) is 0. The predicted octanol–water partition coefficient (Wildman–Crippen LogP) is 1.02. The molecule has 1 N–H and O–H groups in total. The van der Waals surface area contributed by atoms with Crippen molar-refractivity contribution in [2.24, 2.45) is 0 Å². The van der Waals surface area contributed by atoms with Gasteiger partial charge in [-0.3, -0.25) is 0 Å². The number of hydrogen-bond donors (Lipinski definition) is 1. The van der Waals surface area contributed by atoms with E-state index in [0.717, 1.165) is 12.8 Å². The van der Waals surface area contributed by atoms with Gasteiger partial charge in [-0.1, -0.05) is 0 Å². The molecule has 0 amide bonds. The highest BCUT2D eigenvalue weighted by atomic mass is 19.4. The van der Waals surface area contributed by atoms with E-state index < -0.39 is 11.6 Å². The highest BCUT2D eigenvalue weighted by Gasteiger charge is 2.60. The van der Waals surface area contributed by atoms with Crippen LogP contribution < -0.4 is 5.32 Å². The van der Waals surface area contributed by atoms with E-state index in [2.05, 4.69) is 15.5 Å². The van der Waals surface area contributed by atoms with Crippen LogP contribution in [0.15, 0.2) is 0 Å². The number of aryl methyl sites for hydroxylation is 1. The molecule has 17 heavy (non-hydrogen) atoms. The summed E-state index contributed by atoms with van der Waals surface area (Å²) in [5.74, 6) is 0.790. The van der Waals surface area contributed by atoms with Gasteiger partial charge in [0.1, 0.15) is 17.1 Å². The molecular weight excluding hydrogens is 233 g/mol. The summed E-state index contributed by atoms with van der Waals surface area (Å²) in [6.07, 6.45) is -2.63. The highest BCUT2D eigenvalue weighted by molar-refractivity contribution is 5.19. The lowest BCUT2D eigenvalue weighted by Gasteiger charge is -2.29. The molecule has 0 saturated carbocycles. The van der Waals surface area contributed by atoms with Gasteiger partial charge in [-0.15, -0.1) is 10.2 Å². The monoisotopic (exact) mass is 246 g/mol. The number of alkyl halides is 3. The van der Waals surface area contributed by atoms with Crippen LogP contribution >= 0.6 is 0 Å². The van der Waals surface area contributed by atoms with Crippen LogP contribution in [0.4, 0.5) is 13.2 Å². The van der Waals surface area contributed by atoms with Crippen molar-refractivity contribution in [3.05, 3.63) is 11.6 Å². The second kappa shape index (κ2) is 3.44. The Labute approximate surface area is 96.2 Å². The second-order valence-corrected chi connectivity index (χ2v) is 4.70. The van der Waals surface area contributed by atoms with Crippen LogP contribution in [0.3, 0.4) is 0 Å². The lowest BCUT2D eigenvalue weighted by Crippen LogP contribution is -2.46. The summed E-state index contributed by atoms with van der Waals surface area (Å²) in [6.45, 7) is 0.895. The van der Waals surface area contributed by atoms with Gasteiger partial charge in [0, 0.05) is 19.5 Å². The normalized spacial score (nSPS) is 28.6. The quantitative estimate of drug-likeness (QED) is 0.804. The Hall–Kier alpha value is -1.11. The maximum Gasteiger partial charge on any atom is 0.402 e. The topological polar surface area (TPSA) is 42.7 Å². The van der Waals surface area contributed by atoms with Crippen molar-refractivity contribution >= 4 is 0 Å². The van der Waals surface area contributed by atoms with Crippen molar-refractivity contribution in [3.8, 4) is 0 Å². The standard InChI is InChI=1S/C10H13F3N4/c11-10(12,13)9(3-4-14-6-9)8-16-15-7-2-1-5-17(7)8/h14H,1-6H2. The largest absolute Gasteiger partial charge is 0.402 e. The second-order valence-electron chi connectivity index (χ2n) is 4.70. The first kappa shape index (κ1) is 11.0. The van der Waals surface area contributed by atoms with Crippen LogP contribution in [0.25, 0.3) is 0 Å². The van der Waals surface area contributed by atoms with Gasteiger partial charge in [0.25, 0.3) is 0 Å². The van der Waals surface area contributed by atoms with E-state index in [1.807, 2.05) is 0 Å². The molecule has 1 atom stereocenters. The average molecular weight is 246 g/mol.